The summed E-state index contributed by atoms with van der Waals surface area (Å²) in [6.07, 6.45) is 6.62. The molecular weight excluding hydrogens is 372 g/mol. The first kappa shape index (κ1) is 21.2. The van der Waals surface area contributed by atoms with Crippen molar-refractivity contribution >= 4 is 6.03 Å². The monoisotopic (exact) mass is 408 g/mol. The molecule has 0 aromatic heterocycles. The zero-order chi connectivity index (χ0) is 21.6. The van der Waals surface area contributed by atoms with Crippen molar-refractivity contribution in [3.63, 3.8) is 0 Å². The zero-order valence-electron chi connectivity index (χ0n) is 19.0. The third-order valence-corrected chi connectivity index (χ3v) is 7.76. The van der Waals surface area contributed by atoms with Gasteiger partial charge in [0.05, 0.1) is 17.0 Å². The molecule has 1 aromatic carbocycles. The fraction of sp³-hybridized carbons (Fsp3) is 0.680. The lowest BCUT2D eigenvalue weighted by Crippen LogP contribution is -2.55. The number of amides is 2. The molecule has 162 valence electrons. The topological polar surface area (TPSA) is 50.6 Å². The molecule has 2 saturated carbocycles. The van der Waals surface area contributed by atoms with Gasteiger partial charge in [-0.05, 0) is 77.9 Å². The van der Waals surface area contributed by atoms with E-state index in [2.05, 4.69) is 60.3 Å². The van der Waals surface area contributed by atoms with Crippen molar-refractivity contribution in [2.45, 2.75) is 63.5 Å². The highest BCUT2D eigenvalue weighted by Crippen LogP contribution is 2.50. The van der Waals surface area contributed by atoms with Gasteiger partial charge in [0.2, 0.25) is 0 Å². The number of carbonyl (C=O) groups is 1. The Labute approximate surface area is 181 Å². The Hall–Kier alpha value is -2.06. The summed E-state index contributed by atoms with van der Waals surface area (Å²) in [5, 5.41) is 9.51. The second kappa shape index (κ2) is 7.57. The van der Waals surface area contributed by atoms with E-state index in [0.717, 1.165) is 38.8 Å². The number of benzene rings is 1. The van der Waals surface area contributed by atoms with Gasteiger partial charge >= 0.3 is 6.03 Å². The van der Waals surface area contributed by atoms with Crippen LogP contribution in [0.1, 0.15) is 57.9 Å². The standard InChI is InChI=1S/C25H36N4O/c1-23(2,17-26)18-28-19-24(29(22(28)30)16-20-10-11-20)12-14-25(15-13-24,27(3)4)21-8-6-5-7-9-21/h5-9,20H,10-16,18-19H2,1-4H3/t24-,25+. The van der Waals surface area contributed by atoms with Crippen LogP contribution in [-0.2, 0) is 5.54 Å². The maximum Gasteiger partial charge on any atom is 0.320 e. The Morgan fingerprint density at radius 1 is 1.13 bits per heavy atom. The number of rotatable bonds is 6. The molecule has 1 spiro atoms. The zero-order valence-corrected chi connectivity index (χ0v) is 19.0. The number of nitriles is 1. The SMILES string of the molecule is CN(C)[C@]1(c2ccccc2)CC[C@]2(CC1)CN(CC(C)(C)C#N)C(=O)N2CC1CC1. The molecule has 4 rings (SSSR count). The van der Waals surface area contributed by atoms with Crippen LogP contribution >= 0.6 is 0 Å². The first-order valence-electron chi connectivity index (χ1n) is 11.4. The van der Waals surface area contributed by atoms with Crippen LogP contribution in [0.4, 0.5) is 4.79 Å². The highest BCUT2D eigenvalue weighted by molar-refractivity contribution is 5.78. The normalized spacial score (nSPS) is 29.7. The molecule has 0 bridgehead atoms. The molecule has 0 atom stereocenters. The molecule has 0 N–H and O–H groups in total. The summed E-state index contributed by atoms with van der Waals surface area (Å²) >= 11 is 0. The average molecular weight is 409 g/mol. The van der Waals surface area contributed by atoms with Gasteiger partial charge in [0.1, 0.15) is 0 Å². The van der Waals surface area contributed by atoms with Crippen molar-refractivity contribution in [2.24, 2.45) is 11.3 Å². The number of nitrogens with zero attached hydrogens (tertiary/aromatic N) is 4. The quantitative estimate of drug-likeness (QED) is 0.699. The van der Waals surface area contributed by atoms with E-state index in [0.29, 0.717) is 12.5 Å². The second-order valence-electron chi connectivity index (χ2n) is 10.7. The Bertz CT molecular complexity index is 813. The molecule has 0 unspecified atom stereocenters. The molecule has 0 radical (unpaired) electrons. The van der Waals surface area contributed by atoms with E-state index in [4.69, 9.17) is 0 Å². The molecule has 1 heterocycles. The molecule has 30 heavy (non-hydrogen) atoms. The molecule has 1 aromatic rings. The lowest BCUT2D eigenvalue weighted by molar-refractivity contribution is 0.0231. The Kier molecular flexibility index (Phi) is 5.34. The first-order chi connectivity index (χ1) is 14.2. The van der Waals surface area contributed by atoms with Gasteiger partial charge < -0.3 is 9.80 Å². The minimum absolute atomic E-state index is 0.0279. The van der Waals surface area contributed by atoms with Crippen molar-refractivity contribution in [2.75, 3.05) is 33.7 Å². The van der Waals surface area contributed by atoms with Crippen LogP contribution in [-0.4, -0.2) is 60.0 Å². The third kappa shape index (κ3) is 3.71. The highest BCUT2D eigenvalue weighted by Gasteiger charge is 2.55. The van der Waals surface area contributed by atoms with E-state index in [-0.39, 0.29) is 17.1 Å². The molecule has 3 fully saturated rings. The van der Waals surface area contributed by atoms with Crippen molar-refractivity contribution < 1.29 is 4.79 Å². The van der Waals surface area contributed by atoms with E-state index < -0.39 is 5.41 Å². The van der Waals surface area contributed by atoms with Crippen LogP contribution in [0.3, 0.4) is 0 Å². The van der Waals surface area contributed by atoms with E-state index in [1.807, 2.05) is 18.7 Å². The van der Waals surface area contributed by atoms with Gasteiger partial charge in [-0.2, -0.15) is 5.26 Å². The summed E-state index contributed by atoms with van der Waals surface area (Å²) in [6.45, 7) is 6.04. The number of hydrogen-bond acceptors (Lipinski definition) is 3. The summed E-state index contributed by atoms with van der Waals surface area (Å²) < 4.78 is 0. The van der Waals surface area contributed by atoms with Gasteiger partial charge in [0.25, 0.3) is 0 Å². The molecule has 5 heteroatoms. The van der Waals surface area contributed by atoms with Crippen LogP contribution in [0.2, 0.25) is 0 Å². The van der Waals surface area contributed by atoms with E-state index in [9.17, 15) is 10.1 Å². The lowest BCUT2D eigenvalue weighted by atomic mass is 9.68. The van der Waals surface area contributed by atoms with Gasteiger partial charge in [-0.15, -0.1) is 0 Å². The maximum atomic E-state index is 13.4. The van der Waals surface area contributed by atoms with E-state index in [1.165, 1.54) is 18.4 Å². The van der Waals surface area contributed by atoms with E-state index >= 15 is 0 Å². The molecule has 1 aliphatic heterocycles. The number of urea groups is 1. The predicted molar refractivity (Wildman–Crippen MR) is 119 cm³/mol. The van der Waals surface area contributed by atoms with Crippen LogP contribution in [0.15, 0.2) is 30.3 Å². The van der Waals surface area contributed by atoms with Gasteiger partial charge in [0.15, 0.2) is 0 Å². The Balaban J connectivity index is 1.59. The molecule has 2 aliphatic carbocycles. The summed E-state index contributed by atoms with van der Waals surface area (Å²) in [5.74, 6) is 0.671. The largest absolute Gasteiger partial charge is 0.321 e. The second-order valence-corrected chi connectivity index (χ2v) is 10.7. The van der Waals surface area contributed by atoms with Crippen molar-refractivity contribution in [1.82, 2.24) is 14.7 Å². The molecule has 3 aliphatic rings. The van der Waals surface area contributed by atoms with E-state index in [1.54, 1.807) is 0 Å². The van der Waals surface area contributed by atoms with Crippen molar-refractivity contribution in [3.05, 3.63) is 35.9 Å². The Morgan fingerprint density at radius 2 is 1.77 bits per heavy atom. The van der Waals surface area contributed by atoms with Crippen molar-refractivity contribution in [1.29, 1.82) is 5.26 Å². The minimum atomic E-state index is -0.515. The maximum absolute atomic E-state index is 13.4. The number of hydrogen-bond donors (Lipinski definition) is 0. The minimum Gasteiger partial charge on any atom is -0.321 e. The highest BCUT2D eigenvalue weighted by atomic mass is 16.2. The lowest BCUT2D eigenvalue weighted by Gasteiger charge is -2.51. The fourth-order valence-electron chi connectivity index (χ4n) is 5.65. The number of carbonyl (C=O) groups excluding carboxylic acids is 1. The third-order valence-electron chi connectivity index (χ3n) is 7.76. The summed E-state index contributed by atoms with van der Waals surface area (Å²) in [4.78, 5) is 20.0. The average Bonchev–Trinajstić information content (AvgIpc) is 3.52. The summed E-state index contributed by atoms with van der Waals surface area (Å²) in [6, 6.07) is 13.4. The first-order valence-corrected chi connectivity index (χ1v) is 11.4. The van der Waals surface area contributed by atoms with Gasteiger partial charge in [-0.3, -0.25) is 4.90 Å². The molecule has 2 amide bonds. The molecular formula is C25H36N4O. The smallest absolute Gasteiger partial charge is 0.320 e. The summed E-state index contributed by atoms with van der Waals surface area (Å²) in [7, 11) is 4.38. The van der Waals surface area contributed by atoms with Crippen LogP contribution < -0.4 is 0 Å². The molecule has 5 nitrogen and oxygen atoms in total. The van der Waals surface area contributed by atoms with Gasteiger partial charge in [-0.1, -0.05) is 30.3 Å². The van der Waals surface area contributed by atoms with Gasteiger partial charge in [0, 0.05) is 25.2 Å². The predicted octanol–water partition coefficient (Wildman–Crippen LogP) is 4.45. The van der Waals surface area contributed by atoms with Crippen LogP contribution in [0.5, 0.6) is 0 Å². The van der Waals surface area contributed by atoms with Crippen LogP contribution in [0, 0.1) is 22.7 Å². The fourth-order valence-corrected chi connectivity index (χ4v) is 5.65. The van der Waals surface area contributed by atoms with Crippen molar-refractivity contribution in [3.8, 4) is 6.07 Å². The Morgan fingerprint density at radius 3 is 2.30 bits per heavy atom. The van der Waals surface area contributed by atoms with Gasteiger partial charge in [-0.25, -0.2) is 4.79 Å². The summed E-state index contributed by atoms with van der Waals surface area (Å²) in [5.41, 5.74) is 0.809. The van der Waals surface area contributed by atoms with Crippen LogP contribution in [0.25, 0.3) is 0 Å². The molecule has 1 saturated heterocycles.